The summed E-state index contributed by atoms with van der Waals surface area (Å²) in [5.41, 5.74) is -1.90. The van der Waals surface area contributed by atoms with Crippen LogP contribution in [0.15, 0.2) is 12.3 Å². The van der Waals surface area contributed by atoms with Crippen molar-refractivity contribution in [2.45, 2.75) is 6.18 Å². The number of carbonyl (C=O) groups excluding carboxylic acids is 1. The Balaban J connectivity index is 3.42. The minimum atomic E-state index is -4.91. The van der Waals surface area contributed by atoms with Gasteiger partial charge in [0.15, 0.2) is 18.0 Å². The molecule has 0 unspecified atom stereocenters. The second-order valence-corrected chi connectivity index (χ2v) is 2.51. The Kier molecular flexibility index (Phi) is 2.69. The van der Waals surface area contributed by atoms with Gasteiger partial charge in [0.25, 0.3) is 0 Å². The number of pyridine rings is 1. The molecule has 1 aromatic rings. The molecule has 0 aliphatic carbocycles. The second kappa shape index (κ2) is 3.64. The summed E-state index contributed by atoms with van der Waals surface area (Å²) in [6, 6.07) is 0.387. The first-order valence-electron chi connectivity index (χ1n) is 3.53. The first kappa shape index (κ1) is 11.1. The Morgan fingerprint density at radius 3 is 2.47 bits per heavy atom. The number of nitro groups is 1. The van der Waals surface area contributed by atoms with Crippen molar-refractivity contribution in [3.63, 3.8) is 0 Å². The van der Waals surface area contributed by atoms with E-state index in [1.165, 1.54) is 0 Å². The number of halogens is 3. The zero-order valence-electron chi connectivity index (χ0n) is 6.99. The molecule has 0 saturated carbocycles. The Bertz CT molecular complexity index is 416. The summed E-state index contributed by atoms with van der Waals surface area (Å²) >= 11 is 0. The van der Waals surface area contributed by atoms with E-state index in [9.17, 15) is 28.1 Å². The van der Waals surface area contributed by atoms with Gasteiger partial charge in [-0.1, -0.05) is 0 Å². The minimum Gasteiger partial charge on any atom is -0.358 e. The highest BCUT2D eigenvalue weighted by Crippen LogP contribution is 2.34. The van der Waals surface area contributed by atoms with Crippen molar-refractivity contribution >= 4 is 12.1 Å². The van der Waals surface area contributed by atoms with Gasteiger partial charge in [0.05, 0.1) is 5.56 Å². The van der Waals surface area contributed by atoms with E-state index in [0.29, 0.717) is 12.3 Å². The van der Waals surface area contributed by atoms with Crippen LogP contribution in [0.2, 0.25) is 0 Å². The fourth-order valence-electron chi connectivity index (χ4n) is 0.892. The Morgan fingerprint density at radius 1 is 1.47 bits per heavy atom. The molecule has 1 rings (SSSR count). The molecule has 1 aromatic heterocycles. The third kappa shape index (κ3) is 2.27. The molecule has 0 amide bonds. The molecule has 0 aliphatic rings. The monoisotopic (exact) mass is 220 g/mol. The van der Waals surface area contributed by atoms with Crippen LogP contribution in [0.1, 0.15) is 15.9 Å². The Morgan fingerprint density at radius 2 is 2.07 bits per heavy atom. The molecule has 8 heteroatoms. The summed E-state index contributed by atoms with van der Waals surface area (Å²) in [6.07, 6.45) is -4.07. The zero-order chi connectivity index (χ0) is 11.6. The van der Waals surface area contributed by atoms with Crippen LogP contribution in [0.4, 0.5) is 19.0 Å². The number of alkyl halides is 3. The highest BCUT2D eigenvalue weighted by molar-refractivity contribution is 5.75. The molecule has 1 heterocycles. The molecular weight excluding hydrogens is 217 g/mol. The van der Waals surface area contributed by atoms with Gasteiger partial charge in [0.1, 0.15) is 0 Å². The SMILES string of the molecule is O=Cc1cnc([N+](=O)[O-])c(C(F)(F)F)c1. The van der Waals surface area contributed by atoms with Gasteiger partial charge in [-0.15, -0.1) is 0 Å². The summed E-state index contributed by atoms with van der Waals surface area (Å²) in [5, 5.41) is 10.2. The molecule has 0 fully saturated rings. The Hall–Kier alpha value is -1.99. The van der Waals surface area contributed by atoms with Crippen molar-refractivity contribution in [1.29, 1.82) is 0 Å². The molecule has 0 atom stereocenters. The molecule has 80 valence electrons. The van der Waals surface area contributed by atoms with Crippen LogP contribution in [0.3, 0.4) is 0 Å². The molecule has 0 saturated heterocycles. The maximum atomic E-state index is 12.3. The van der Waals surface area contributed by atoms with E-state index in [4.69, 9.17) is 0 Å². The van der Waals surface area contributed by atoms with Crippen molar-refractivity contribution in [2.75, 3.05) is 0 Å². The van der Waals surface area contributed by atoms with Crippen molar-refractivity contribution in [1.82, 2.24) is 4.98 Å². The van der Waals surface area contributed by atoms with E-state index in [1.54, 1.807) is 0 Å². The van der Waals surface area contributed by atoms with Crippen molar-refractivity contribution in [2.24, 2.45) is 0 Å². The van der Waals surface area contributed by atoms with E-state index in [-0.39, 0.29) is 11.8 Å². The van der Waals surface area contributed by atoms with Crippen LogP contribution in [-0.2, 0) is 6.18 Å². The van der Waals surface area contributed by atoms with E-state index in [1.807, 2.05) is 0 Å². The zero-order valence-corrected chi connectivity index (χ0v) is 6.99. The maximum Gasteiger partial charge on any atom is 0.424 e. The van der Waals surface area contributed by atoms with Crippen molar-refractivity contribution in [3.8, 4) is 0 Å². The molecule has 0 radical (unpaired) electrons. The maximum absolute atomic E-state index is 12.3. The number of hydrogen-bond donors (Lipinski definition) is 0. The average molecular weight is 220 g/mol. The summed E-state index contributed by atoms with van der Waals surface area (Å²) in [6.45, 7) is 0. The van der Waals surface area contributed by atoms with Gasteiger partial charge in [-0.3, -0.25) is 4.79 Å². The largest absolute Gasteiger partial charge is 0.424 e. The van der Waals surface area contributed by atoms with Crippen LogP contribution in [-0.4, -0.2) is 16.2 Å². The highest BCUT2D eigenvalue weighted by Gasteiger charge is 2.39. The first-order valence-corrected chi connectivity index (χ1v) is 3.53. The molecule has 0 spiro atoms. The van der Waals surface area contributed by atoms with Crippen LogP contribution in [0, 0.1) is 10.1 Å². The molecule has 5 nitrogen and oxygen atoms in total. The molecule has 0 N–H and O–H groups in total. The van der Waals surface area contributed by atoms with Crippen molar-refractivity contribution in [3.05, 3.63) is 33.5 Å². The van der Waals surface area contributed by atoms with Crippen LogP contribution < -0.4 is 0 Å². The Labute approximate surface area is 80.7 Å². The van der Waals surface area contributed by atoms with Gasteiger partial charge < -0.3 is 10.1 Å². The van der Waals surface area contributed by atoms with Crippen molar-refractivity contribution < 1.29 is 22.9 Å². The lowest BCUT2D eigenvalue weighted by atomic mass is 10.2. The topological polar surface area (TPSA) is 73.1 Å². The van der Waals surface area contributed by atoms with Crippen LogP contribution in [0.25, 0.3) is 0 Å². The third-order valence-electron chi connectivity index (χ3n) is 1.50. The molecule has 0 aliphatic heterocycles. The summed E-state index contributed by atoms with van der Waals surface area (Å²) in [4.78, 5) is 22.1. The third-order valence-corrected chi connectivity index (χ3v) is 1.50. The number of aldehydes is 1. The van der Waals surface area contributed by atoms with E-state index in [0.717, 1.165) is 0 Å². The molecule has 0 bridgehead atoms. The number of carbonyl (C=O) groups is 1. The summed E-state index contributed by atoms with van der Waals surface area (Å²) < 4.78 is 36.8. The van der Waals surface area contributed by atoms with Gasteiger partial charge >= 0.3 is 12.0 Å². The van der Waals surface area contributed by atoms with Crippen LogP contribution >= 0.6 is 0 Å². The van der Waals surface area contributed by atoms with E-state index < -0.39 is 22.5 Å². The van der Waals surface area contributed by atoms with Gasteiger partial charge in [-0.2, -0.15) is 13.2 Å². The highest BCUT2D eigenvalue weighted by atomic mass is 19.4. The molecular formula is C7H3F3N2O3. The predicted octanol–water partition coefficient (Wildman–Crippen LogP) is 1.82. The lowest BCUT2D eigenvalue weighted by molar-refractivity contribution is -0.392. The number of rotatable bonds is 2. The number of aromatic nitrogens is 1. The average Bonchev–Trinajstić information content (AvgIpc) is 2.15. The summed E-state index contributed by atoms with van der Waals surface area (Å²) in [7, 11) is 0. The van der Waals surface area contributed by atoms with Gasteiger partial charge in [-0.05, 0) is 16.0 Å². The molecule has 0 aromatic carbocycles. The normalized spacial score (nSPS) is 11.1. The first-order chi connectivity index (χ1) is 6.86. The second-order valence-electron chi connectivity index (χ2n) is 2.51. The summed E-state index contributed by atoms with van der Waals surface area (Å²) in [5.74, 6) is -1.31. The van der Waals surface area contributed by atoms with Gasteiger partial charge in [0, 0.05) is 0 Å². The minimum absolute atomic E-state index is 0.131. The number of nitrogens with zero attached hydrogens (tertiary/aromatic N) is 2. The standard InChI is InChI=1S/C7H3F3N2O3/c8-7(9,10)5-1-4(3-13)2-11-6(5)12(14)15/h1-3H. The number of hydrogen-bond acceptors (Lipinski definition) is 4. The van der Waals surface area contributed by atoms with Gasteiger partial charge in [-0.25, -0.2) is 0 Å². The van der Waals surface area contributed by atoms with Crippen LogP contribution in [0.5, 0.6) is 0 Å². The lowest BCUT2D eigenvalue weighted by Crippen LogP contribution is -2.11. The van der Waals surface area contributed by atoms with Gasteiger partial charge in [0.2, 0.25) is 0 Å². The van der Waals surface area contributed by atoms with E-state index in [2.05, 4.69) is 4.98 Å². The fraction of sp³-hybridized carbons (Fsp3) is 0.143. The quantitative estimate of drug-likeness (QED) is 0.433. The smallest absolute Gasteiger partial charge is 0.358 e. The van der Waals surface area contributed by atoms with E-state index >= 15 is 0 Å². The molecule has 15 heavy (non-hydrogen) atoms. The predicted molar refractivity (Wildman–Crippen MR) is 41.3 cm³/mol. The lowest BCUT2D eigenvalue weighted by Gasteiger charge is -2.06. The fourth-order valence-corrected chi connectivity index (χ4v) is 0.892.